The third-order valence-corrected chi connectivity index (χ3v) is 12.5. The molecule has 3 atom stereocenters. The molecule has 1 amide bonds. The first-order valence-corrected chi connectivity index (χ1v) is 27.3. The molecular weight excluding hydrogens is 780 g/mol. The lowest BCUT2D eigenvalue weighted by atomic mass is 10.0. The van der Waals surface area contributed by atoms with Crippen molar-refractivity contribution in [2.45, 2.75) is 251 Å². The van der Waals surface area contributed by atoms with Crippen molar-refractivity contribution in [1.29, 1.82) is 0 Å². The Balaban J connectivity index is 4.37. The van der Waals surface area contributed by atoms with Crippen LogP contribution in [0.2, 0.25) is 0 Å². The standard InChI is InChI=1S/C52H101N2O6P/c1-6-8-10-12-14-16-18-20-22-24-26-27-28-29-31-33-35-37-39-41-43-45-51(55)50(49-60-61(57,58)59-48-47-54(3,4)5)53-52(56)46-44-42-40-38-36-34-32-30-25-23-21-19-17-15-13-11-9-7-2/h28-29,35,37,43,45,50-51,55H,6-27,30-34,36,38-42,44,46-49H2,1-5H3,(H-,53,56,57,58)/b29-28+,37-35+,45-43+. The van der Waals surface area contributed by atoms with Crippen LogP contribution in [-0.4, -0.2) is 68.5 Å². The molecule has 0 aliphatic rings. The second-order valence-corrected chi connectivity index (χ2v) is 20.3. The number of phosphoric ester groups is 1. The first-order valence-electron chi connectivity index (χ1n) is 25.9. The molecule has 360 valence electrons. The van der Waals surface area contributed by atoms with Gasteiger partial charge in [0.05, 0.1) is 39.9 Å². The molecule has 0 radical (unpaired) electrons. The van der Waals surface area contributed by atoms with Crippen LogP contribution >= 0.6 is 7.82 Å². The van der Waals surface area contributed by atoms with E-state index in [9.17, 15) is 19.4 Å². The summed E-state index contributed by atoms with van der Waals surface area (Å²) in [6.45, 7) is 4.64. The van der Waals surface area contributed by atoms with E-state index in [2.05, 4.69) is 43.5 Å². The molecule has 9 heteroatoms. The maximum atomic E-state index is 12.9. The summed E-state index contributed by atoms with van der Waals surface area (Å²) < 4.78 is 23.3. The molecular formula is C52H101N2O6P. The highest BCUT2D eigenvalue weighted by Crippen LogP contribution is 2.38. The molecule has 0 aromatic carbocycles. The summed E-state index contributed by atoms with van der Waals surface area (Å²) in [4.78, 5) is 25.4. The summed E-state index contributed by atoms with van der Waals surface area (Å²) in [5.41, 5.74) is 0. The van der Waals surface area contributed by atoms with E-state index in [1.165, 1.54) is 173 Å². The van der Waals surface area contributed by atoms with Crippen LogP contribution in [0.5, 0.6) is 0 Å². The minimum Gasteiger partial charge on any atom is -0.756 e. The van der Waals surface area contributed by atoms with Crippen LogP contribution in [0.4, 0.5) is 0 Å². The zero-order chi connectivity index (χ0) is 45.0. The average molecular weight is 881 g/mol. The number of allylic oxidation sites excluding steroid dienone is 5. The summed E-state index contributed by atoms with van der Waals surface area (Å²) >= 11 is 0. The van der Waals surface area contributed by atoms with Gasteiger partial charge in [0, 0.05) is 6.42 Å². The number of likely N-dealkylation sites (N-methyl/N-ethyl adjacent to an activating group) is 1. The fourth-order valence-electron chi connectivity index (χ4n) is 7.48. The number of quaternary nitrogens is 1. The van der Waals surface area contributed by atoms with E-state index in [4.69, 9.17) is 9.05 Å². The van der Waals surface area contributed by atoms with Crippen LogP contribution in [0.25, 0.3) is 0 Å². The van der Waals surface area contributed by atoms with Gasteiger partial charge in [-0.3, -0.25) is 9.36 Å². The van der Waals surface area contributed by atoms with Crippen LogP contribution in [0, 0.1) is 0 Å². The largest absolute Gasteiger partial charge is 0.756 e. The minimum atomic E-state index is -4.60. The molecule has 0 spiro atoms. The van der Waals surface area contributed by atoms with Gasteiger partial charge in [-0.2, -0.15) is 0 Å². The first-order chi connectivity index (χ1) is 29.5. The molecule has 3 unspecified atom stereocenters. The number of aliphatic hydroxyl groups excluding tert-OH is 1. The van der Waals surface area contributed by atoms with E-state index in [0.717, 1.165) is 44.9 Å². The van der Waals surface area contributed by atoms with Crippen molar-refractivity contribution < 1.29 is 32.9 Å². The van der Waals surface area contributed by atoms with Crippen LogP contribution in [0.1, 0.15) is 239 Å². The van der Waals surface area contributed by atoms with Gasteiger partial charge in [-0.1, -0.05) is 224 Å². The van der Waals surface area contributed by atoms with Gasteiger partial charge >= 0.3 is 0 Å². The third kappa shape index (κ3) is 46.5. The van der Waals surface area contributed by atoms with Crippen molar-refractivity contribution in [2.24, 2.45) is 0 Å². The zero-order valence-corrected chi connectivity index (χ0v) is 41.8. The predicted molar refractivity (Wildman–Crippen MR) is 261 cm³/mol. The molecule has 61 heavy (non-hydrogen) atoms. The average Bonchev–Trinajstić information content (AvgIpc) is 3.21. The molecule has 0 aromatic rings. The van der Waals surface area contributed by atoms with E-state index in [0.29, 0.717) is 17.4 Å². The number of rotatable bonds is 47. The Morgan fingerprint density at radius 1 is 0.557 bits per heavy atom. The van der Waals surface area contributed by atoms with Gasteiger partial charge in [0.2, 0.25) is 5.91 Å². The monoisotopic (exact) mass is 881 g/mol. The van der Waals surface area contributed by atoms with Gasteiger partial charge < -0.3 is 28.8 Å². The van der Waals surface area contributed by atoms with Crippen LogP contribution in [0.15, 0.2) is 36.5 Å². The topological polar surface area (TPSA) is 108 Å². The molecule has 0 saturated carbocycles. The lowest BCUT2D eigenvalue weighted by Crippen LogP contribution is -2.45. The van der Waals surface area contributed by atoms with Crippen LogP contribution in [0.3, 0.4) is 0 Å². The summed E-state index contributed by atoms with van der Waals surface area (Å²) in [5.74, 6) is -0.208. The summed E-state index contributed by atoms with van der Waals surface area (Å²) in [7, 11) is 1.24. The Kier molecular flexibility index (Phi) is 43.0. The van der Waals surface area contributed by atoms with E-state index >= 15 is 0 Å². The number of hydrogen-bond acceptors (Lipinski definition) is 6. The molecule has 0 saturated heterocycles. The summed E-state index contributed by atoms with van der Waals surface area (Å²) in [6, 6.07) is -0.906. The highest BCUT2D eigenvalue weighted by Gasteiger charge is 2.23. The quantitative estimate of drug-likeness (QED) is 0.0273. The van der Waals surface area contributed by atoms with Crippen molar-refractivity contribution in [1.82, 2.24) is 5.32 Å². The summed E-state index contributed by atoms with van der Waals surface area (Å²) in [6.07, 6.45) is 54.9. The number of carbonyl (C=O) groups excluding carboxylic acids is 1. The molecule has 0 aliphatic carbocycles. The van der Waals surface area contributed by atoms with Gasteiger partial charge in [0.1, 0.15) is 13.2 Å². The molecule has 0 aromatic heterocycles. The van der Waals surface area contributed by atoms with E-state index in [-0.39, 0.29) is 12.5 Å². The number of carbonyl (C=O) groups is 1. The number of unbranched alkanes of at least 4 members (excludes halogenated alkanes) is 30. The maximum Gasteiger partial charge on any atom is 0.268 e. The summed E-state index contributed by atoms with van der Waals surface area (Å²) in [5, 5.41) is 13.8. The number of nitrogens with one attached hydrogen (secondary N) is 1. The lowest BCUT2D eigenvalue weighted by molar-refractivity contribution is -0.870. The Morgan fingerprint density at radius 2 is 0.918 bits per heavy atom. The Labute approximate surface area is 378 Å². The van der Waals surface area contributed by atoms with E-state index in [1.54, 1.807) is 6.08 Å². The number of aliphatic hydroxyl groups is 1. The zero-order valence-electron chi connectivity index (χ0n) is 40.9. The molecule has 0 heterocycles. The second-order valence-electron chi connectivity index (χ2n) is 18.9. The fraction of sp³-hybridized carbons (Fsp3) is 0.865. The van der Waals surface area contributed by atoms with Crippen LogP contribution < -0.4 is 10.2 Å². The highest BCUT2D eigenvalue weighted by atomic mass is 31.2. The van der Waals surface area contributed by atoms with Gasteiger partial charge in [-0.15, -0.1) is 0 Å². The number of hydrogen-bond donors (Lipinski definition) is 2. The predicted octanol–water partition coefficient (Wildman–Crippen LogP) is 14.4. The van der Waals surface area contributed by atoms with Crippen LogP contribution in [-0.2, 0) is 18.4 Å². The molecule has 0 aliphatic heterocycles. The van der Waals surface area contributed by atoms with Gasteiger partial charge in [0.25, 0.3) is 7.82 Å². The normalized spacial score (nSPS) is 14.4. The molecule has 0 rings (SSSR count). The lowest BCUT2D eigenvalue weighted by Gasteiger charge is -2.29. The van der Waals surface area contributed by atoms with Gasteiger partial charge in [0.15, 0.2) is 0 Å². The minimum absolute atomic E-state index is 0.00758. The van der Waals surface area contributed by atoms with Crippen molar-refractivity contribution in [3.05, 3.63) is 36.5 Å². The molecule has 2 N–H and O–H groups in total. The second kappa shape index (κ2) is 43.9. The van der Waals surface area contributed by atoms with Crippen molar-refractivity contribution in [3.8, 4) is 0 Å². The fourth-order valence-corrected chi connectivity index (χ4v) is 8.20. The maximum absolute atomic E-state index is 12.9. The molecule has 0 bridgehead atoms. The Hall–Kier alpha value is -1.28. The smallest absolute Gasteiger partial charge is 0.268 e. The van der Waals surface area contributed by atoms with Crippen molar-refractivity contribution >= 4 is 13.7 Å². The van der Waals surface area contributed by atoms with E-state index < -0.39 is 26.6 Å². The van der Waals surface area contributed by atoms with Crippen molar-refractivity contribution in [3.63, 3.8) is 0 Å². The SMILES string of the molecule is CCCCCCCCCCCCC/C=C/CC/C=C/CC/C=C/C(O)C(COP(=O)([O-])OCC[N+](C)(C)C)NC(=O)CCCCCCCCCCCCCCCCCCCC. The highest BCUT2D eigenvalue weighted by molar-refractivity contribution is 7.45. The molecule has 8 nitrogen and oxygen atoms in total. The van der Waals surface area contributed by atoms with Crippen molar-refractivity contribution in [2.75, 3.05) is 40.9 Å². The number of amides is 1. The third-order valence-electron chi connectivity index (χ3n) is 11.6. The Morgan fingerprint density at radius 3 is 1.33 bits per heavy atom. The molecule has 0 fully saturated rings. The van der Waals surface area contributed by atoms with E-state index in [1.807, 2.05) is 27.2 Å². The number of nitrogens with zero attached hydrogens (tertiary/aromatic N) is 1. The number of phosphoric acid groups is 1. The first kappa shape index (κ1) is 59.7. The van der Waals surface area contributed by atoms with Gasteiger partial charge in [-0.25, -0.2) is 0 Å². The van der Waals surface area contributed by atoms with Gasteiger partial charge in [-0.05, 0) is 44.9 Å². The Bertz CT molecular complexity index is 1090.